The minimum Gasteiger partial charge on any atom is -0.376 e. The molecule has 2 nitrogen and oxygen atoms in total. The first kappa shape index (κ1) is 10.9. The average Bonchev–Trinajstić information content (AvgIpc) is 2.19. The van der Waals surface area contributed by atoms with Gasteiger partial charge in [0.1, 0.15) is 0 Å². The largest absolute Gasteiger partial charge is 0.376 e. The van der Waals surface area contributed by atoms with Crippen molar-refractivity contribution < 1.29 is 9.47 Å². The van der Waals surface area contributed by atoms with Crippen molar-refractivity contribution in [2.75, 3.05) is 19.8 Å². The Morgan fingerprint density at radius 3 is 2.77 bits per heavy atom. The summed E-state index contributed by atoms with van der Waals surface area (Å²) in [6.07, 6.45) is 5.51. The van der Waals surface area contributed by atoms with Crippen molar-refractivity contribution in [1.29, 1.82) is 0 Å². The molecule has 0 aliphatic carbocycles. The molecule has 3 heteroatoms. The number of terminal acetylenes is 1. The lowest BCUT2D eigenvalue weighted by Crippen LogP contribution is -2.36. The average molecular weight is 200 g/mol. The summed E-state index contributed by atoms with van der Waals surface area (Å²) in [5, 5.41) is 0.659. The first-order valence-electron chi connectivity index (χ1n) is 4.55. The van der Waals surface area contributed by atoms with Gasteiger partial charge in [-0.3, -0.25) is 0 Å². The van der Waals surface area contributed by atoms with Crippen LogP contribution in [0.4, 0.5) is 0 Å². The van der Waals surface area contributed by atoms with Gasteiger partial charge in [0.15, 0.2) is 0 Å². The summed E-state index contributed by atoms with van der Waals surface area (Å²) in [6, 6.07) is 0. The molecule has 0 bridgehead atoms. The van der Waals surface area contributed by atoms with Gasteiger partial charge in [0.05, 0.1) is 31.2 Å². The monoisotopic (exact) mass is 200 g/mol. The highest BCUT2D eigenvalue weighted by Crippen LogP contribution is 2.22. The quantitative estimate of drug-likeness (QED) is 0.644. The molecular formula is C10H16O2S. The highest BCUT2D eigenvalue weighted by atomic mass is 32.2. The maximum atomic E-state index is 5.57. The second kappa shape index (κ2) is 5.54. The summed E-state index contributed by atoms with van der Waals surface area (Å²) in [5.41, 5.74) is 0. The van der Waals surface area contributed by atoms with Crippen LogP contribution in [0.2, 0.25) is 0 Å². The Hall–Kier alpha value is -0.170. The minimum atomic E-state index is 0.203. The molecule has 3 unspecified atom stereocenters. The summed E-state index contributed by atoms with van der Waals surface area (Å²) in [7, 11) is 0. The van der Waals surface area contributed by atoms with Crippen molar-refractivity contribution in [2.24, 2.45) is 0 Å². The number of thioether (sulfide) groups is 1. The van der Waals surface area contributed by atoms with Crippen LogP contribution in [0.25, 0.3) is 0 Å². The van der Waals surface area contributed by atoms with Crippen LogP contribution < -0.4 is 0 Å². The van der Waals surface area contributed by atoms with Crippen LogP contribution in [0, 0.1) is 12.3 Å². The third kappa shape index (κ3) is 3.60. The number of rotatable bonds is 3. The van der Waals surface area contributed by atoms with Crippen molar-refractivity contribution in [3.8, 4) is 12.3 Å². The Morgan fingerprint density at radius 1 is 1.46 bits per heavy atom. The Morgan fingerprint density at radius 2 is 2.23 bits per heavy atom. The lowest BCUT2D eigenvalue weighted by molar-refractivity contribution is -0.0863. The molecule has 1 saturated heterocycles. The van der Waals surface area contributed by atoms with E-state index in [0.717, 1.165) is 6.61 Å². The SMILES string of the molecule is C#CC(C)SC(C)C1COCCO1. The van der Waals surface area contributed by atoms with Gasteiger partial charge in [-0.2, -0.15) is 0 Å². The highest BCUT2D eigenvalue weighted by Gasteiger charge is 2.22. The fourth-order valence-corrected chi connectivity index (χ4v) is 2.28. The van der Waals surface area contributed by atoms with Crippen LogP contribution in [-0.2, 0) is 9.47 Å². The molecule has 3 atom stereocenters. The lowest BCUT2D eigenvalue weighted by Gasteiger charge is -2.28. The second-order valence-electron chi connectivity index (χ2n) is 3.13. The molecule has 13 heavy (non-hydrogen) atoms. The highest BCUT2D eigenvalue weighted by molar-refractivity contribution is 8.00. The van der Waals surface area contributed by atoms with Crippen LogP contribution in [0.15, 0.2) is 0 Å². The molecule has 0 spiro atoms. The first-order valence-corrected chi connectivity index (χ1v) is 5.49. The van der Waals surface area contributed by atoms with Crippen LogP contribution in [0.5, 0.6) is 0 Å². The van der Waals surface area contributed by atoms with Crippen LogP contribution in [0.1, 0.15) is 13.8 Å². The molecule has 1 heterocycles. The molecule has 0 aromatic carbocycles. The zero-order valence-electron chi connectivity index (χ0n) is 8.16. The van der Waals surface area contributed by atoms with E-state index in [9.17, 15) is 0 Å². The van der Waals surface area contributed by atoms with E-state index in [1.165, 1.54) is 0 Å². The molecule has 1 fully saturated rings. The number of ether oxygens (including phenoxy) is 2. The van der Waals surface area contributed by atoms with Gasteiger partial charge in [-0.05, 0) is 6.92 Å². The molecule has 74 valence electrons. The topological polar surface area (TPSA) is 18.5 Å². The zero-order valence-corrected chi connectivity index (χ0v) is 8.97. The summed E-state index contributed by atoms with van der Waals surface area (Å²) in [6.45, 7) is 6.30. The summed E-state index contributed by atoms with van der Waals surface area (Å²) >= 11 is 1.76. The summed E-state index contributed by atoms with van der Waals surface area (Å²) in [5.74, 6) is 2.70. The fourth-order valence-electron chi connectivity index (χ4n) is 1.23. The molecule has 0 saturated carbocycles. The van der Waals surface area contributed by atoms with Crippen molar-refractivity contribution >= 4 is 11.8 Å². The van der Waals surface area contributed by atoms with Crippen molar-refractivity contribution in [2.45, 2.75) is 30.5 Å². The molecule has 0 aromatic rings. The van der Waals surface area contributed by atoms with Gasteiger partial charge >= 0.3 is 0 Å². The molecule has 1 rings (SSSR count). The second-order valence-corrected chi connectivity index (χ2v) is 4.86. The van der Waals surface area contributed by atoms with Crippen LogP contribution in [-0.4, -0.2) is 36.4 Å². The standard InChI is InChI=1S/C10H16O2S/c1-4-8(2)13-9(3)10-7-11-5-6-12-10/h1,8-10H,5-7H2,2-3H3. The normalized spacial score (nSPS) is 27.6. The van der Waals surface area contributed by atoms with E-state index in [2.05, 4.69) is 12.8 Å². The third-order valence-electron chi connectivity index (χ3n) is 2.02. The molecular weight excluding hydrogens is 184 g/mol. The first-order chi connectivity index (χ1) is 6.24. The summed E-state index contributed by atoms with van der Waals surface area (Å²) < 4.78 is 10.9. The van der Waals surface area contributed by atoms with E-state index in [4.69, 9.17) is 15.9 Å². The number of hydrogen-bond donors (Lipinski definition) is 0. The predicted molar refractivity (Wildman–Crippen MR) is 55.9 cm³/mol. The maximum absolute atomic E-state index is 5.57. The zero-order chi connectivity index (χ0) is 9.68. The molecule has 0 N–H and O–H groups in total. The van der Waals surface area contributed by atoms with E-state index >= 15 is 0 Å². The molecule has 0 radical (unpaired) electrons. The van der Waals surface area contributed by atoms with E-state index in [-0.39, 0.29) is 11.4 Å². The van der Waals surface area contributed by atoms with Crippen molar-refractivity contribution in [3.05, 3.63) is 0 Å². The van der Waals surface area contributed by atoms with Crippen molar-refractivity contribution in [3.63, 3.8) is 0 Å². The van der Waals surface area contributed by atoms with Gasteiger partial charge in [0, 0.05) is 5.25 Å². The fraction of sp³-hybridized carbons (Fsp3) is 0.800. The van der Waals surface area contributed by atoms with Gasteiger partial charge in [0.25, 0.3) is 0 Å². The number of hydrogen-bond acceptors (Lipinski definition) is 3. The smallest absolute Gasteiger partial charge is 0.0925 e. The molecule has 0 aromatic heterocycles. The van der Waals surface area contributed by atoms with Gasteiger partial charge in [-0.25, -0.2) is 0 Å². The van der Waals surface area contributed by atoms with E-state index in [1.807, 2.05) is 6.92 Å². The molecule has 0 amide bonds. The summed E-state index contributed by atoms with van der Waals surface area (Å²) in [4.78, 5) is 0. The van der Waals surface area contributed by atoms with Crippen LogP contribution in [0.3, 0.4) is 0 Å². The van der Waals surface area contributed by atoms with Gasteiger partial charge < -0.3 is 9.47 Å². The Kier molecular flexibility index (Phi) is 4.65. The third-order valence-corrected chi connectivity index (χ3v) is 3.30. The van der Waals surface area contributed by atoms with Gasteiger partial charge in [-0.15, -0.1) is 18.2 Å². The van der Waals surface area contributed by atoms with E-state index in [0.29, 0.717) is 18.5 Å². The Balaban J connectivity index is 2.29. The van der Waals surface area contributed by atoms with E-state index in [1.54, 1.807) is 11.8 Å². The molecule has 1 aliphatic heterocycles. The minimum absolute atomic E-state index is 0.203. The molecule has 1 aliphatic rings. The van der Waals surface area contributed by atoms with Crippen molar-refractivity contribution in [1.82, 2.24) is 0 Å². The van der Waals surface area contributed by atoms with Gasteiger partial charge in [-0.1, -0.05) is 12.8 Å². The predicted octanol–water partition coefficient (Wildman–Crippen LogP) is 1.55. The lowest BCUT2D eigenvalue weighted by atomic mass is 10.3. The van der Waals surface area contributed by atoms with E-state index < -0.39 is 0 Å². The Labute approximate surface area is 84.4 Å². The van der Waals surface area contributed by atoms with Crippen LogP contribution >= 0.6 is 11.8 Å². The van der Waals surface area contributed by atoms with Gasteiger partial charge in [0.2, 0.25) is 0 Å². The Bertz CT molecular complexity index is 182. The maximum Gasteiger partial charge on any atom is 0.0925 e.